The molecule has 2 aromatic heterocycles. The van der Waals surface area contributed by atoms with Crippen molar-refractivity contribution in [3.05, 3.63) is 100.0 Å². The first-order chi connectivity index (χ1) is 16.6. The Labute approximate surface area is 194 Å². The summed E-state index contributed by atoms with van der Waals surface area (Å²) in [5.41, 5.74) is 2.22. The average Bonchev–Trinajstić information content (AvgIpc) is 3.41. The Bertz CT molecular complexity index is 1440. The lowest BCUT2D eigenvalue weighted by atomic mass is 10.1. The van der Waals surface area contributed by atoms with E-state index >= 15 is 0 Å². The standard InChI is InChI=1S/C26H21FN4O3/c27-20-7-5-18(6-8-20)16-31-23-4-2-1-3-21(23)24(22(15-28)26(31)33)29-10-12-30(13-11-29)25(32)19-9-14-34-17-19/h1-9,14,17H,10-13,16H2. The van der Waals surface area contributed by atoms with E-state index in [2.05, 4.69) is 6.07 Å². The van der Waals surface area contributed by atoms with Gasteiger partial charge in [-0.1, -0.05) is 30.3 Å². The van der Waals surface area contributed by atoms with Crippen molar-refractivity contribution >= 4 is 22.5 Å². The number of nitrogens with zero attached hydrogens (tertiary/aromatic N) is 4. The minimum Gasteiger partial charge on any atom is -0.472 e. The van der Waals surface area contributed by atoms with Crippen LogP contribution in [0.2, 0.25) is 0 Å². The molecule has 0 atom stereocenters. The Morgan fingerprint density at radius 3 is 2.44 bits per heavy atom. The minimum atomic E-state index is -0.391. The number of amides is 1. The maximum Gasteiger partial charge on any atom is 0.271 e. The number of carbonyl (C=O) groups is 1. The molecule has 8 heteroatoms. The predicted octanol–water partition coefficient (Wildman–Crippen LogP) is 3.62. The molecule has 1 aliphatic heterocycles. The summed E-state index contributed by atoms with van der Waals surface area (Å²) in [5, 5.41) is 10.8. The van der Waals surface area contributed by atoms with Crippen molar-refractivity contribution in [2.24, 2.45) is 0 Å². The lowest BCUT2D eigenvalue weighted by Gasteiger charge is -2.37. The Morgan fingerprint density at radius 1 is 1.03 bits per heavy atom. The quantitative estimate of drug-likeness (QED) is 0.469. The van der Waals surface area contributed by atoms with Gasteiger partial charge >= 0.3 is 0 Å². The summed E-state index contributed by atoms with van der Waals surface area (Å²) in [5.74, 6) is -0.451. The Hall–Kier alpha value is -4.38. The third-order valence-electron chi connectivity index (χ3n) is 6.16. The van der Waals surface area contributed by atoms with Crippen LogP contribution in [0.5, 0.6) is 0 Å². The molecule has 1 saturated heterocycles. The number of furan rings is 1. The van der Waals surface area contributed by atoms with Gasteiger partial charge in [-0.15, -0.1) is 0 Å². The first kappa shape index (κ1) is 21.5. The molecule has 170 valence electrons. The van der Waals surface area contributed by atoms with Crippen molar-refractivity contribution < 1.29 is 13.6 Å². The highest BCUT2D eigenvalue weighted by Crippen LogP contribution is 2.30. The third-order valence-corrected chi connectivity index (χ3v) is 6.16. The molecule has 0 radical (unpaired) electrons. The summed E-state index contributed by atoms with van der Waals surface area (Å²) in [6.45, 7) is 2.12. The number of halogens is 1. The molecule has 1 aliphatic rings. The van der Waals surface area contributed by atoms with Crippen LogP contribution in [0.4, 0.5) is 10.1 Å². The van der Waals surface area contributed by atoms with Crippen LogP contribution in [-0.4, -0.2) is 41.6 Å². The molecule has 0 saturated carbocycles. The van der Waals surface area contributed by atoms with Crippen LogP contribution in [0, 0.1) is 17.1 Å². The number of aromatic nitrogens is 1. The number of pyridine rings is 1. The highest BCUT2D eigenvalue weighted by Gasteiger charge is 2.27. The molecule has 7 nitrogen and oxygen atoms in total. The van der Waals surface area contributed by atoms with Gasteiger partial charge in [0.05, 0.1) is 29.6 Å². The Morgan fingerprint density at radius 2 is 1.76 bits per heavy atom. The van der Waals surface area contributed by atoms with Crippen molar-refractivity contribution in [1.82, 2.24) is 9.47 Å². The number of benzene rings is 2. The van der Waals surface area contributed by atoms with Crippen molar-refractivity contribution in [2.75, 3.05) is 31.1 Å². The van der Waals surface area contributed by atoms with Crippen LogP contribution >= 0.6 is 0 Å². The number of carbonyl (C=O) groups excluding carboxylic acids is 1. The zero-order chi connectivity index (χ0) is 23.7. The second-order valence-electron chi connectivity index (χ2n) is 8.16. The molecule has 2 aromatic carbocycles. The highest BCUT2D eigenvalue weighted by molar-refractivity contribution is 5.96. The van der Waals surface area contributed by atoms with Gasteiger partial charge in [-0.05, 0) is 29.8 Å². The number of anilines is 1. The maximum atomic E-state index is 13.4. The number of fused-ring (bicyclic) bond motifs is 1. The summed E-state index contributed by atoms with van der Waals surface area (Å²) in [7, 11) is 0. The molecule has 5 rings (SSSR count). The zero-order valence-electron chi connectivity index (χ0n) is 18.3. The van der Waals surface area contributed by atoms with Gasteiger partial charge in [0, 0.05) is 31.6 Å². The van der Waals surface area contributed by atoms with Gasteiger partial charge in [0.1, 0.15) is 23.7 Å². The second kappa shape index (κ2) is 8.87. The molecule has 3 heterocycles. The van der Waals surface area contributed by atoms with Gasteiger partial charge in [-0.2, -0.15) is 5.26 Å². The van der Waals surface area contributed by atoms with Gasteiger partial charge in [-0.25, -0.2) is 4.39 Å². The van der Waals surface area contributed by atoms with Gasteiger partial charge in [0.25, 0.3) is 11.5 Å². The van der Waals surface area contributed by atoms with Crippen molar-refractivity contribution in [3.63, 3.8) is 0 Å². The fourth-order valence-corrected chi connectivity index (χ4v) is 4.45. The van der Waals surface area contributed by atoms with Crippen LogP contribution in [-0.2, 0) is 6.54 Å². The fourth-order valence-electron chi connectivity index (χ4n) is 4.45. The van der Waals surface area contributed by atoms with Gasteiger partial charge in [0.15, 0.2) is 0 Å². The highest BCUT2D eigenvalue weighted by atomic mass is 19.1. The van der Waals surface area contributed by atoms with Gasteiger partial charge in [0.2, 0.25) is 0 Å². The number of piperazine rings is 1. The van der Waals surface area contributed by atoms with E-state index < -0.39 is 5.56 Å². The molecule has 0 N–H and O–H groups in total. The van der Waals surface area contributed by atoms with Crippen LogP contribution < -0.4 is 10.5 Å². The molecule has 34 heavy (non-hydrogen) atoms. The van der Waals surface area contributed by atoms with Crippen LogP contribution in [0.1, 0.15) is 21.5 Å². The molecule has 4 aromatic rings. The second-order valence-corrected chi connectivity index (χ2v) is 8.16. The van der Waals surface area contributed by atoms with Gasteiger partial charge in [-0.3, -0.25) is 9.59 Å². The van der Waals surface area contributed by atoms with Crippen molar-refractivity contribution in [1.29, 1.82) is 5.26 Å². The molecule has 0 spiro atoms. The zero-order valence-corrected chi connectivity index (χ0v) is 18.3. The molecular formula is C26H21FN4O3. The predicted molar refractivity (Wildman–Crippen MR) is 125 cm³/mol. The van der Waals surface area contributed by atoms with E-state index in [0.717, 1.165) is 10.9 Å². The van der Waals surface area contributed by atoms with Crippen molar-refractivity contribution in [2.45, 2.75) is 6.54 Å². The SMILES string of the molecule is N#Cc1c(N2CCN(C(=O)c3ccoc3)CC2)c2ccccc2n(Cc2ccc(F)cc2)c1=O. The monoisotopic (exact) mass is 456 g/mol. The van der Waals surface area contributed by atoms with Gasteiger partial charge < -0.3 is 18.8 Å². The Kier molecular flexibility index (Phi) is 5.60. The van der Waals surface area contributed by atoms with E-state index in [4.69, 9.17) is 4.42 Å². The molecule has 0 bridgehead atoms. The summed E-state index contributed by atoms with van der Waals surface area (Å²) in [6, 6.07) is 17.2. The molecule has 1 amide bonds. The Balaban J connectivity index is 1.51. The summed E-state index contributed by atoms with van der Waals surface area (Å²) < 4.78 is 19.9. The first-order valence-corrected chi connectivity index (χ1v) is 10.9. The first-order valence-electron chi connectivity index (χ1n) is 10.9. The van der Waals surface area contributed by atoms with E-state index in [0.29, 0.717) is 42.9 Å². The van der Waals surface area contributed by atoms with E-state index in [9.17, 15) is 19.2 Å². The fraction of sp³-hybridized carbons (Fsp3) is 0.192. The van der Waals surface area contributed by atoms with E-state index in [1.54, 1.807) is 27.7 Å². The van der Waals surface area contributed by atoms with Crippen LogP contribution in [0.3, 0.4) is 0 Å². The van der Waals surface area contributed by atoms with Crippen molar-refractivity contribution in [3.8, 4) is 6.07 Å². The maximum absolute atomic E-state index is 13.4. The topological polar surface area (TPSA) is 82.5 Å². The van der Waals surface area contributed by atoms with Crippen LogP contribution in [0.25, 0.3) is 10.9 Å². The number of nitriles is 1. The lowest BCUT2D eigenvalue weighted by molar-refractivity contribution is 0.0746. The van der Waals surface area contributed by atoms with E-state index in [1.165, 1.54) is 24.7 Å². The summed E-state index contributed by atoms with van der Waals surface area (Å²) in [4.78, 5) is 29.8. The largest absolute Gasteiger partial charge is 0.472 e. The average molecular weight is 456 g/mol. The molecular weight excluding hydrogens is 435 g/mol. The number of hydrogen-bond acceptors (Lipinski definition) is 5. The summed E-state index contributed by atoms with van der Waals surface area (Å²) in [6.07, 6.45) is 2.90. The van der Waals surface area contributed by atoms with E-state index in [1.807, 2.05) is 29.2 Å². The molecule has 0 aliphatic carbocycles. The molecule has 0 unspecified atom stereocenters. The smallest absolute Gasteiger partial charge is 0.271 e. The number of para-hydroxylation sites is 1. The van der Waals surface area contributed by atoms with Crippen LogP contribution in [0.15, 0.2) is 76.3 Å². The number of hydrogen-bond donors (Lipinski definition) is 0. The normalized spacial score (nSPS) is 13.8. The third kappa shape index (κ3) is 3.82. The number of rotatable bonds is 4. The molecule has 1 fully saturated rings. The van der Waals surface area contributed by atoms with E-state index in [-0.39, 0.29) is 23.8 Å². The minimum absolute atomic E-state index is 0.0652. The lowest BCUT2D eigenvalue weighted by Crippen LogP contribution is -2.49. The summed E-state index contributed by atoms with van der Waals surface area (Å²) >= 11 is 0.